The number of aryl methyl sites for hydroxylation is 2. The summed E-state index contributed by atoms with van der Waals surface area (Å²) >= 11 is 0. The summed E-state index contributed by atoms with van der Waals surface area (Å²) in [6, 6.07) is 42.1. The number of hydrogen-bond acceptors (Lipinski definition) is 11. The fourth-order valence-corrected chi connectivity index (χ4v) is 10.8. The summed E-state index contributed by atoms with van der Waals surface area (Å²) in [6.45, 7) is 17.3. The van der Waals surface area contributed by atoms with Crippen LogP contribution in [0.3, 0.4) is 0 Å². The molecule has 74 heavy (non-hydrogen) atoms. The highest BCUT2D eigenvalue weighted by Gasteiger charge is 2.48. The highest BCUT2D eigenvalue weighted by Crippen LogP contribution is 2.45. The zero-order valence-electron chi connectivity index (χ0n) is 43.3. The second kappa shape index (κ2) is 23.2. The van der Waals surface area contributed by atoms with E-state index < -0.39 is 61.2 Å². The summed E-state index contributed by atoms with van der Waals surface area (Å²) in [5, 5.41) is 25.9. The molecule has 0 saturated heterocycles. The number of rotatable bonds is 14. The molecule has 4 atom stereocenters. The molecule has 2 aliphatic heterocycles. The number of benzene rings is 6. The monoisotopic (exact) mass is 1070 g/mol. The molecule has 6 aromatic carbocycles. The molecular formula is C57H69ClN4O10S2. The minimum atomic E-state index is -3.84. The van der Waals surface area contributed by atoms with Gasteiger partial charge in [0.25, 0.3) is 20.0 Å². The van der Waals surface area contributed by atoms with Gasteiger partial charge in [0.15, 0.2) is 0 Å². The minimum Gasteiger partial charge on any atom is -0.485 e. The van der Waals surface area contributed by atoms with Crippen LogP contribution in [-0.2, 0) is 37.6 Å². The van der Waals surface area contributed by atoms with Gasteiger partial charge < -0.3 is 29.7 Å². The van der Waals surface area contributed by atoms with Gasteiger partial charge in [-0.2, -0.15) is 0 Å². The lowest BCUT2D eigenvalue weighted by molar-refractivity contribution is -0.0937. The fourth-order valence-electron chi connectivity index (χ4n) is 8.68. The minimum absolute atomic E-state index is 0. The van der Waals surface area contributed by atoms with Crippen LogP contribution in [0, 0.1) is 13.8 Å². The highest BCUT2D eigenvalue weighted by molar-refractivity contribution is 7.93. The van der Waals surface area contributed by atoms with Gasteiger partial charge in [0, 0.05) is 29.8 Å². The van der Waals surface area contributed by atoms with E-state index in [2.05, 4.69) is 26.9 Å². The van der Waals surface area contributed by atoms with E-state index in [-0.39, 0.29) is 34.8 Å². The molecule has 2 heterocycles. The van der Waals surface area contributed by atoms with E-state index in [0.717, 1.165) is 28.7 Å². The first kappa shape index (κ1) is 57.1. The Morgan fingerprint density at radius 1 is 0.622 bits per heavy atom. The Morgan fingerprint density at radius 3 is 1.53 bits per heavy atom. The Labute approximate surface area is 443 Å². The van der Waals surface area contributed by atoms with E-state index in [9.17, 15) is 31.8 Å². The van der Waals surface area contributed by atoms with Crippen molar-refractivity contribution >= 4 is 49.9 Å². The van der Waals surface area contributed by atoms with Crippen LogP contribution >= 0.6 is 12.4 Å². The number of sulfonamides is 2. The number of amides is 1. The number of halogens is 1. The maximum Gasteiger partial charge on any atom is 0.410 e. The van der Waals surface area contributed by atoms with Crippen LogP contribution in [0.5, 0.6) is 11.5 Å². The zero-order valence-corrected chi connectivity index (χ0v) is 45.8. The SMILES string of the molecule is Cc1ccc(S(=O)(=O)Nc2ccc3c(c2)OC(C)(C)[C@H](O)[C@H]3N(CCc2ccccc2)C(=O)OC(C)(C)C)cc1.Cc1ccc(S(=O)(=O)Nc2ccc3c(c2)OC(C)(C)[C@H](O)[C@H]3NCCc2ccccc2)cc1.Cl. The Kier molecular flexibility index (Phi) is 17.9. The molecule has 0 radical (unpaired) electrons. The molecule has 1 amide bonds. The molecule has 2 aliphatic rings. The number of hydrogen-bond donors (Lipinski definition) is 5. The first-order chi connectivity index (χ1) is 34.3. The Balaban J connectivity index is 0.000000242. The number of carbonyl (C=O) groups excluding carboxylic acids is 1. The van der Waals surface area contributed by atoms with Crippen LogP contribution in [0.4, 0.5) is 16.2 Å². The lowest BCUT2D eigenvalue weighted by atomic mass is 9.85. The van der Waals surface area contributed by atoms with Crippen molar-refractivity contribution in [2.24, 2.45) is 0 Å². The lowest BCUT2D eigenvalue weighted by Gasteiger charge is -2.46. The van der Waals surface area contributed by atoms with Crippen molar-refractivity contribution in [3.63, 3.8) is 0 Å². The maximum atomic E-state index is 13.5. The summed E-state index contributed by atoms with van der Waals surface area (Å²) in [7, 11) is -7.56. The molecule has 0 bridgehead atoms. The third-order valence-electron chi connectivity index (χ3n) is 12.7. The first-order valence-corrected chi connectivity index (χ1v) is 27.3. The largest absolute Gasteiger partial charge is 0.485 e. The van der Waals surface area contributed by atoms with E-state index in [1.54, 1.807) is 124 Å². The van der Waals surface area contributed by atoms with Gasteiger partial charge in [-0.15, -0.1) is 12.4 Å². The Hall–Kier alpha value is -6.14. The number of fused-ring (bicyclic) bond motifs is 2. The summed E-state index contributed by atoms with van der Waals surface area (Å²) in [5.74, 6) is 0.921. The average molecular weight is 1070 g/mol. The van der Waals surface area contributed by atoms with Crippen molar-refractivity contribution in [3.05, 3.63) is 179 Å². The van der Waals surface area contributed by atoms with Gasteiger partial charge in [-0.1, -0.05) is 108 Å². The number of aliphatic hydroxyl groups excluding tert-OH is 2. The van der Waals surface area contributed by atoms with Gasteiger partial charge in [-0.05, 0) is 129 Å². The number of nitrogens with one attached hydrogen (secondary N) is 3. The van der Waals surface area contributed by atoms with Gasteiger partial charge in [-0.3, -0.25) is 14.3 Å². The number of ether oxygens (including phenoxy) is 3. The second-order valence-corrected chi connectivity index (χ2v) is 24.0. The maximum absolute atomic E-state index is 13.5. The van der Waals surface area contributed by atoms with Gasteiger partial charge >= 0.3 is 6.09 Å². The standard InChI is InChI=1S/C31H38N2O6S.C26H30N2O4S.ClH/c1-21-12-15-24(16-13-21)40(36,37)32-23-14-17-25-26(20-23)38-31(5,6)28(34)27(25)33(29(35)39-30(2,3)4)19-18-22-10-8-7-9-11-22;1-18-9-12-21(13-10-18)33(30,31)28-20-11-14-22-23(17-20)32-26(2,3)25(29)24(22)27-16-15-19-7-5-4-6-8-19;/h7-17,20,27-28,32,34H,18-19H2,1-6H3;4-14,17,24-25,27-29H,15-16H2,1-3H3;1H/t27-,28+;24-,25+;/m00./s1. The summed E-state index contributed by atoms with van der Waals surface area (Å²) in [4.78, 5) is 15.4. The van der Waals surface area contributed by atoms with Crippen molar-refractivity contribution in [1.29, 1.82) is 0 Å². The van der Waals surface area contributed by atoms with Crippen LogP contribution < -0.4 is 24.2 Å². The number of aliphatic hydroxyl groups is 2. The van der Waals surface area contributed by atoms with Crippen molar-refractivity contribution in [1.82, 2.24) is 10.2 Å². The topological polar surface area (TPSA) is 193 Å². The average Bonchev–Trinajstić information content (AvgIpc) is 3.31. The molecule has 0 aromatic heterocycles. The molecule has 396 valence electrons. The quantitative estimate of drug-likeness (QED) is 0.0697. The summed E-state index contributed by atoms with van der Waals surface area (Å²) in [6.07, 6.45) is -1.03. The fraction of sp³-hybridized carbons (Fsp3) is 0.351. The highest BCUT2D eigenvalue weighted by atomic mass is 35.5. The Bertz CT molecular complexity index is 3080. The van der Waals surface area contributed by atoms with Crippen LogP contribution in [0.25, 0.3) is 0 Å². The predicted octanol–water partition coefficient (Wildman–Crippen LogP) is 10.5. The normalized spacial score (nSPS) is 18.5. The van der Waals surface area contributed by atoms with E-state index in [0.29, 0.717) is 41.4 Å². The molecule has 5 N–H and O–H groups in total. The smallest absolute Gasteiger partial charge is 0.410 e. The zero-order chi connectivity index (χ0) is 52.9. The van der Waals surface area contributed by atoms with E-state index in [4.69, 9.17) is 14.2 Å². The predicted molar refractivity (Wildman–Crippen MR) is 292 cm³/mol. The number of anilines is 2. The van der Waals surface area contributed by atoms with E-state index in [1.807, 2.05) is 76.2 Å². The van der Waals surface area contributed by atoms with Gasteiger partial charge in [0.2, 0.25) is 0 Å². The van der Waals surface area contributed by atoms with Crippen LogP contribution in [0.1, 0.15) is 93.9 Å². The summed E-state index contributed by atoms with van der Waals surface area (Å²) < 4.78 is 74.9. The lowest BCUT2D eigenvalue weighted by Crippen LogP contribution is -2.55. The molecule has 6 aromatic rings. The van der Waals surface area contributed by atoms with E-state index in [1.165, 1.54) is 5.56 Å². The first-order valence-electron chi connectivity index (χ1n) is 24.3. The molecular weight excluding hydrogens is 1000 g/mol. The molecule has 17 heteroatoms. The second-order valence-electron chi connectivity index (χ2n) is 20.7. The van der Waals surface area contributed by atoms with Crippen molar-refractivity contribution in [2.45, 2.75) is 126 Å². The Morgan fingerprint density at radius 2 is 1.05 bits per heavy atom. The third kappa shape index (κ3) is 14.2. The van der Waals surface area contributed by atoms with Crippen molar-refractivity contribution < 1.29 is 46.1 Å². The van der Waals surface area contributed by atoms with Crippen LogP contribution in [0.2, 0.25) is 0 Å². The number of carbonyl (C=O) groups is 1. The molecule has 0 spiro atoms. The van der Waals surface area contributed by atoms with Crippen LogP contribution in [-0.4, -0.2) is 80.1 Å². The van der Waals surface area contributed by atoms with Gasteiger partial charge in [0.05, 0.1) is 33.2 Å². The molecule has 8 rings (SSSR count). The molecule has 0 fully saturated rings. The number of nitrogens with zero attached hydrogens (tertiary/aromatic N) is 1. The molecule has 0 unspecified atom stereocenters. The molecule has 14 nitrogen and oxygen atoms in total. The third-order valence-corrected chi connectivity index (χ3v) is 15.5. The van der Waals surface area contributed by atoms with Crippen LogP contribution in [0.15, 0.2) is 155 Å². The summed E-state index contributed by atoms with van der Waals surface area (Å²) in [5.41, 5.74) is 3.60. The van der Waals surface area contributed by atoms with Crippen molar-refractivity contribution in [2.75, 3.05) is 22.5 Å². The van der Waals surface area contributed by atoms with E-state index >= 15 is 0 Å². The molecule has 0 aliphatic carbocycles. The van der Waals surface area contributed by atoms with Crippen molar-refractivity contribution in [3.8, 4) is 11.5 Å². The molecule has 0 saturated carbocycles. The van der Waals surface area contributed by atoms with Gasteiger partial charge in [0.1, 0.15) is 40.5 Å². The van der Waals surface area contributed by atoms with Gasteiger partial charge in [-0.25, -0.2) is 21.6 Å².